The molecule has 2 heterocycles. The number of rotatable bonds is 7. The van der Waals surface area contributed by atoms with Gasteiger partial charge in [-0.3, -0.25) is 14.3 Å². The molecule has 0 aliphatic heterocycles. The van der Waals surface area contributed by atoms with Crippen LogP contribution in [0.4, 0.5) is 13.2 Å². The van der Waals surface area contributed by atoms with Gasteiger partial charge in [0.2, 0.25) is 0 Å². The molecular weight excluding hydrogens is 405 g/mol. The van der Waals surface area contributed by atoms with E-state index in [0.29, 0.717) is 35.0 Å². The minimum atomic E-state index is -4.41. The van der Waals surface area contributed by atoms with E-state index in [1.165, 1.54) is 22.4 Å². The number of unbranched alkanes of at least 4 members (excludes halogenated alkanes) is 1. The van der Waals surface area contributed by atoms with Crippen molar-refractivity contribution < 1.29 is 13.2 Å². The van der Waals surface area contributed by atoms with Crippen LogP contribution in [0.25, 0.3) is 11.2 Å². The summed E-state index contributed by atoms with van der Waals surface area (Å²) < 4.78 is 41.9. The number of hydrogen-bond acceptors (Lipinski definition) is 4. The summed E-state index contributed by atoms with van der Waals surface area (Å²) in [6.07, 6.45) is -2.77. The molecule has 0 aliphatic carbocycles. The number of alkyl halides is 3. The Bertz CT molecular complexity index is 1130. The standard InChI is InChI=1S/C19H21F3N4O2S/c1-3-5-9-26-16-15(17(27)24-18(26)28)25(4-2)14(23-16)11-29-13-8-6-7-12(10-13)19(20,21)22/h6-8,10H,3-5,9,11H2,1-2H3,(H,24,27,28). The molecule has 10 heteroatoms. The fraction of sp³-hybridized carbons (Fsp3) is 0.421. The van der Waals surface area contributed by atoms with Gasteiger partial charge in [-0.15, -0.1) is 11.8 Å². The lowest BCUT2D eigenvalue weighted by Gasteiger charge is -2.09. The fourth-order valence-corrected chi connectivity index (χ4v) is 4.00. The minimum absolute atomic E-state index is 0.269. The second-order valence-corrected chi connectivity index (χ2v) is 7.57. The van der Waals surface area contributed by atoms with Gasteiger partial charge >= 0.3 is 11.9 Å². The molecular formula is C19H21F3N4O2S. The molecule has 0 spiro atoms. The summed E-state index contributed by atoms with van der Waals surface area (Å²) in [4.78, 5) is 31.9. The highest BCUT2D eigenvalue weighted by molar-refractivity contribution is 7.98. The average Bonchev–Trinajstić information content (AvgIpc) is 3.04. The van der Waals surface area contributed by atoms with Gasteiger partial charge in [-0.05, 0) is 31.5 Å². The number of nitrogens with one attached hydrogen (secondary N) is 1. The normalized spacial score (nSPS) is 12.0. The Kier molecular flexibility index (Phi) is 6.21. The number of imidazole rings is 1. The van der Waals surface area contributed by atoms with Gasteiger partial charge in [-0.25, -0.2) is 9.78 Å². The predicted molar refractivity (Wildman–Crippen MR) is 106 cm³/mol. The van der Waals surface area contributed by atoms with Crippen molar-refractivity contribution >= 4 is 22.9 Å². The maximum atomic E-state index is 12.9. The molecule has 1 aromatic carbocycles. The largest absolute Gasteiger partial charge is 0.416 e. The van der Waals surface area contributed by atoms with Crippen LogP contribution in [-0.4, -0.2) is 19.1 Å². The van der Waals surface area contributed by atoms with Crippen molar-refractivity contribution in [2.45, 2.75) is 56.6 Å². The van der Waals surface area contributed by atoms with Crippen LogP contribution >= 0.6 is 11.8 Å². The number of hydrogen-bond donors (Lipinski definition) is 1. The van der Waals surface area contributed by atoms with Gasteiger partial charge in [0.15, 0.2) is 11.2 Å². The highest BCUT2D eigenvalue weighted by atomic mass is 32.2. The predicted octanol–water partition coefficient (Wildman–Crippen LogP) is 4.02. The number of nitrogens with zero attached hydrogens (tertiary/aromatic N) is 3. The monoisotopic (exact) mass is 426 g/mol. The zero-order valence-electron chi connectivity index (χ0n) is 16.0. The van der Waals surface area contributed by atoms with Gasteiger partial charge in [0.25, 0.3) is 5.56 Å². The van der Waals surface area contributed by atoms with Gasteiger partial charge in [-0.1, -0.05) is 19.4 Å². The Morgan fingerprint density at radius 2 is 1.93 bits per heavy atom. The molecule has 3 aromatic rings. The first-order valence-electron chi connectivity index (χ1n) is 9.28. The van der Waals surface area contributed by atoms with Crippen LogP contribution in [0.5, 0.6) is 0 Å². The smallest absolute Gasteiger partial charge is 0.322 e. The van der Waals surface area contributed by atoms with Crippen molar-refractivity contribution in [3.8, 4) is 0 Å². The van der Waals surface area contributed by atoms with Crippen LogP contribution in [0.1, 0.15) is 38.1 Å². The van der Waals surface area contributed by atoms with E-state index >= 15 is 0 Å². The quantitative estimate of drug-likeness (QED) is 0.580. The van der Waals surface area contributed by atoms with Crippen LogP contribution in [0, 0.1) is 0 Å². The van der Waals surface area contributed by atoms with Gasteiger partial charge in [0.05, 0.1) is 11.3 Å². The number of aryl methyl sites for hydroxylation is 2. The number of H-pyrrole nitrogens is 1. The van der Waals surface area contributed by atoms with E-state index in [1.54, 1.807) is 10.6 Å². The van der Waals surface area contributed by atoms with Gasteiger partial charge < -0.3 is 4.57 Å². The van der Waals surface area contributed by atoms with E-state index in [4.69, 9.17) is 0 Å². The minimum Gasteiger partial charge on any atom is -0.322 e. The van der Waals surface area contributed by atoms with Crippen LogP contribution in [0.15, 0.2) is 38.8 Å². The second-order valence-electron chi connectivity index (χ2n) is 6.52. The van der Waals surface area contributed by atoms with Gasteiger partial charge in [-0.2, -0.15) is 13.2 Å². The molecule has 0 fully saturated rings. The summed E-state index contributed by atoms with van der Waals surface area (Å²) in [6, 6.07) is 5.08. The Hall–Kier alpha value is -2.49. The Balaban J connectivity index is 1.99. The van der Waals surface area contributed by atoms with Crippen molar-refractivity contribution in [3.05, 3.63) is 56.5 Å². The molecule has 0 saturated heterocycles. The molecule has 1 N–H and O–H groups in total. The van der Waals surface area contributed by atoms with Crippen LogP contribution in [0.2, 0.25) is 0 Å². The summed E-state index contributed by atoms with van der Waals surface area (Å²) in [7, 11) is 0. The molecule has 6 nitrogen and oxygen atoms in total. The molecule has 0 bridgehead atoms. The highest BCUT2D eigenvalue weighted by Crippen LogP contribution is 2.32. The maximum absolute atomic E-state index is 12.9. The first-order chi connectivity index (χ1) is 13.8. The van der Waals surface area contributed by atoms with Gasteiger partial charge in [0, 0.05) is 18.0 Å². The lowest BCUT2D eigenvalue weighted by molar-refractivity contribution is -0.137. The third-order valence-electron chi connectivity index (χ3n) is 4.55. The summed E-state index contributed by atoms with van der Waals surface area (Å²) in [5.74, 6) is 0.803. The number of fused-ring (bicyclic) bond motifs is 1. The molecule has 0 unspecified atom stereocenters. The van der Waals surface area contributed by atoms with E-state index in [2.05, 4.69) is 9.97 Å². The molecule has 0 saturated carbocycles. The lowest BCUT2D eigenvalue weighted by atomic mass is 10.2. The highest BCUT2D eigenvalue weighted by Gasteiger charge is 2.30. The Labute approximate surface area is 168 Å². The van der Waals surface area contributed by atoms with E-state index in [-0.39, 0.29) is 5.75 Å². The molecule has 2 aromatic heterocycles. The van der Waals surface area contributed by atoms with Crippen molar-refractivity contribution in [2.75, 3.05) is 0 Å². The number of halogens is 3. The summed E-state index contributed by atoms with van der Waals surface area (Å²) in [6.45, 7) is 4.73. The molecule has 29 heavy (non-hydrogen) atoms. The van der Waals surface area contributed by atoms with E-state index < -0.39 is 23.0 Å². The maximum Gasteiger partial charge on any atom is 0.416 e. The van der Waals surface area contributed by atoms with Crippen LogP contribution in [0.3, 0.4) is 0 Å². The summed E-state index contributed by atoms with van der Waals surface area (Å²) in [5.41, 5.74) is -1.11. The molecule has 156 valence electrons. The van der Waals surface area contributed by atoms with Crippen molar-refractivity contribution in [3.63, 3.8) is 0 Å². The fourth-order valence-electron chi connectivity index (χ4n) is 3.10. The van der Waals surface area contributed by atoms with E-state index in [1.807, 2.05) is 13.8 Å². The topological polar surface area (TPSA) is 72.7 Å². The lowest BCUT2D eigenvalue weighted by Crippen LogP contribution is -2.31. The Morgan fingerprint density at radius 3 is 2.59 bits per heavy atom. The van der Waals surface area contributed by atoms with E-state index in [0.717, 1.165) is 25.0 Å². The molecule has 0 amide bonds. The molecule has 0 aliphatic rings. The second kappa shape index (κ2) is 8.48. The first kappa shape index (κ1) is 21.2. The van der Waals surface area contributed by atoms with E-state index in [9.17, 15) is 22.8 Å². The van der Waals surface area contributed by atoms with Crippen LogP contribution in [-0.2, 0) is 25.0 Å². The average molecular weight is 426 g/mol. The SMILES string of the molecule is CCCCn1c(=O)[nH]c(=O)c2c1nc(CSc1cccc(C(F)(F)F)c1)n2CC. The number of benzene rings is 1. The Morgan fingerprint density at radius 1 is 1.17 bits per heavy atom. The number of aromatic nitrogens is 4. The third-order valence-corrected chi connectivity index (χ3v) is 5.54. The van der Waals surface area contributed by atoms with Crippen molar-refractivity contribution in [1.29, 1.82) is 0 Å². The molecule has 3 rings (SSSR count). The van der Waals surface area contributed by atoms with Crippen LogP contribution < -0.4 is 11.2 Å². The molecule has 0 atom stereocenters. The summed E-state index contributed by atoms with van der Waals surface area (Å²) in [5, 5.41) is 0. The summed E-state index contributed by atoms with van der Waals surface area (Å²) >= 11 is 1.20. The first-order valence-corrected chi connectivity index (χ1v) is 10.3. The van der Waals surface area contributed by atoms with Gasteiger partial charge in [0.1, 0.15) is 5.82 Å². The number of thioether (sulfide) groups is 1. The van der Waals surface area contributed by atoms with Crippen molar-refractivity contribution in [2.24, 2.45) is 0 Å². The zero-order valence-corrected chi connectivity index (χ0v) is 16.9. The van der Waals surface area contributed by atoms with Crippen molar-refractivity contribution in [1.82, 2.24) is 19.1 Å². The third kappa shape index (κ3) is 4.42. The number of aromatic amines is 1. The molecule has 0 radical (unpaired) electrons. The zero-order chi connectivity index (χ0) is 21.2.